The smallest absolute Gasteiger partial charge is 0.182 e. The second kappa shape index (κ2) is 9.89. The van der Waals surface area contributed by atoms with Gasteiger partial charge in [0, 0.05) is 14.2 Å². The van der Waals surface area contributed by atoms with Crippen molar-refractivity contribution in [1.82, 2.24) is 0 Å². The summed E-state index contributed by atoms with van der Waals surface area (Å²) in [7, 11) is 7.39. The largest absolute Gasteiger partial charge is 0.548 e. The third-order valence-electron chi connectivity index (χ3n) is 1.57. The van der Waals surface area contributed by atoms with Crippen LogP contribution in [0.1, 0.15) is 13.3 Å². The van der Waals surface area contributed by atoms with E-state index in [2.05, 4.69) is 25.8 Å². The third-order valence-corrected chi connectivity index (χ3v) is 1.57. The molecule has 0 aromatic rings. The van der Waals surface area contributed by atoms with Crippen LogP contribution < -0.4 is 5.11 Å². The average molecular weight is 221 g/mol. The predicted molar refractivity (Wildman–Crippen MR) is 56.0 cm³/mol. The Bertz CT molecular complexity index is 152. The number of rotatable bonds is 6. The molecule has 0 spiro atoms. The number of hydrogen-bond acceptors (Lipinski definition) is 4. The summed E-state index contributed by atoms with van der Waals surface area (Å²) in [4.78, 5) is 9.36. The monoisotopic (exact) mass is 221 g/mol. The number of methoxy groups -OCH3 is 2. The van der Waals surface area contributed by atoms with Crippen molar-refractivity contribution in [3.63, 3.8) is 0 Å². The van der Waals surface area contributed by atoms with Gasteiger partial charge >= 0.3 is 0 Å². The van der Waals surface area contributed by atoms with Crippen LogP contribution in [0.5, 0.6) is 0 Å². The van der Waals surface area contributed by atoms with Gasteiger partial charge in [-0.05, 0) is 6.42 Å². The number of carbonyl (C=O) groups excluding carboxylic acids is 1. The second-order valence-corrected chi connectivity index (χ2v) is 3.88. The van der Waals surface area contributed by atoms with Crippen LogP contribution in [0.3, 0.4) is 0 Å². The molecule has 0 aliphatic rings. The van der Waals surface area contributed by atoms with E-state index in [1.165, 1.54) is 20.1 Å². The molecule has 0 fully saturated rings. The van der Waals surface area contributed by atoms with Crippen molar-refractivity contribution in [2.75, 3.05) is 48.2 Å². The number of quaternary nitrogens is 1. The molecular formula is C10H23NO4. The summed E-state index contributed by atoms with van der Waals surface area (Å²) in [6.45, 7) is 3.87. The first kappa shape index (κ1) is 16.8. The molecule has 0 aromatic heterocycles. The van der Waals surface area contributed by atoms with Crippen LogP contribution in [0, 0.1) is 0 Å². The van der Waals surface area contributed by atoms with Gasteiger partial charge in [0.1, 0.15) is 0 Å². The number of nitrogens with zero attached hydrogens (tertiary/aromatic N) is 1. The molecule has 0 amide bonds. The van der Waals surface area contributed by atoms with Crippen LogP contribution in [-0.4, -0.2) is 58.6 Å². The van der Waals surface area contributed by atoms with Crippen LogP contribution in [0.4, 0.5) is 0 Å². The van der Waals surface area contributed by atoms with E-state index < -0.39 is 5.97 Å². The Balaban J connectivity index is 0. The van der Waals surface area contributed by atoms with Gasteiger partial charge in [0.05, 0.1) is 33.2 Å². The molecule has 15 heavy (non-hydrogen) atoms. The highest BCUT2D eigenvalue weighted by atomic mass is 16.5. The molecule has 0 atom stereocenters. The lowest BCUT2D eigenvalue weighted by Gasteiger charge is -2.27. The highest BCUT2D eigenvalue weighted by Crippen LogP contribution is 1.97. The zero-order chi connectivity index (χ0) is 12.3. The molecule has 0 bridgehead atoms. The maximum absolute atomic E-state index is 9.36. The molecule has 0 aliphatic heterocycles. The Hall–Kier alpha value is -0.650. The van der Waals surface area contributed by atoms with Gasteiger partial charge in [-0.2, -0.15) is 0 Å². The number of aliphatic carboxylic acids is 1. The van der Waals surface area contributed by atoms with Gasteiger partial charge in [-0.1, -0.05) is 6.92 Å². The van der Waals surface area contributed by atoms with Crippen molar-refractivity contribution in [2.24, 2.45) is 0 Å². The number of ether oxygens (including phenoxy) is 2. The first-order valence-electron chi connectivity index (χ1n) is 4.89. The fraction of sp³-hybridized carbons (Fsp3) is 0.900. The fourth-order valence-electron chi connectivity index (χ4n) is 1.14. The number of carboxylic acids is 1. The summed E-state index contributed by atoms with van der Waals surface area (Å²) >= 11 is 0. The van der Waals surface area contributed by atoms with Gasteiger partial charge in [0.15, 0.2) is 6.73 Å². The lowest BCUT2D eigenvalue weighted by atomic mass is 10.4. The molecule has 0 radical (unpaired) electrons. The quantitative estimate of drug-likeness (QED) is 0.446. The molecule has 0 saturated carbocycles. The summed E-state index contributed by atoms with van der Waals surface area (Å²) in [5.41, 5.74) is 0. The molecule has 92 valence electrons. The van der Waals surface area contributed by atoms with Crippen molar-refractivity contribution in [2.45, 2.75) is 13.3 Å². The molecule has 0 aliphatic carbocycles. The van der Waals surface area contributed by atoms with Gasteiger partial charge < -0.3 is 23.9 Å². The summed E-state index contributed by atoms with van der Waals surface area (Å²) in [5, 5.41) is 9.36. The number of carbonyl (C=O) groups is 1. The maximum atomic E-state index is 9.36. The predicted octanol–water partition coefficient (Wildman–Crippen LogP) is -0.541. The van der Waals surface area contributed by atoms with Crippen LogP contribution in [0.2, 0.25) is 0 Å². The van der Waals surface area contributed by atoms with Crippen LogP contribution in [0.25, 0.3) is 0 Å². The first-order valence-corrected chi connectivity index (χ1v) is 4.89. The second-order valence-electron chi connectivity index (χ2n) is 3.88. The van der Waals surface area contributed by atoms with Gasteiger partial charge in [0.25, 0.3) is 0 Å². The van der Waals surface area contributed by atoms with Gasteiger partial charge in [-0.15, -0.1) is 0 Å². The number of hydrogen-bond donors (Lipinski definition) is 0. The Morgan fingerprint density at radius 1 is 1.27 bits per heavy atom. The summed E-state index contributed by atoms with van der Waals surface area (Å²) in [6, 6.07) is 0. The summed E-state index contributed by atoms with van der Waals surface area (Å²) in [5.74, 6) is -1.18. The van der Waals surface area contributed by atoms with Crippen molar-refractivity contribution in [3.05, 3.63) is 0 Å². The molecular weight excluding hydrogens is 198 g/mol. The zero-order valence-corrected chi connectivity index (χ0v) is 10.4. The lowest BCUT2D eigenvalue weighted by molar-refractivity contribution is -0.909. The SMILES string of the molecule is CCC[N+](C)(C)COC.COCC(=O)[O-]. The van der Waals surface area contributed by atoms with E-state index in [-0.39, 0.29) is 6.61 Å². The van der Waals surface area contributed by atoms with Gasteiger partial charge in [0.2, 0.25) is 0 Å². The van der Waals surface area contributed by atoms with Crippen LogP contribution >= 0.6 is 0 Å². The molecule has 0 aromatic carbocycles. The van der Waals surface area contributed by atoms with Gasteiger partial charge in [-0.25, -0.2) is 0 Å². The standard InChI is InChI=1S/C7H18NO.C3H6O3/c1-5-6-8(2,3)7-9-4;1-6-2-3(4)5/h5-7H2,1-4H3;2H2,1H3,(H,4,5)/q+1;/p-1. The molecule has 0 heterocycles. The van der Waals surface area contributed by atoms with E-state index in [9.17, 15) is 9.90 Å². The minimum Gasteiger partial charge on any atom is -0.548 e. The molecule has 0 rings (SSSR count). The molecule has 0 unspecified atom stereocenters. The summed E-state index contributed by atoms with van der Waals surface area (Å²) in [6.07, 6.45) is 1.22. The first-order chi connectivity index (χ1) is 6.89. The molecule has 5 heteroatoms. The van der Waals surface area contributed by atoms with E-state index in [1.54, 1.807) is 7.11 Å². The Kier molecular flexibility index (Phi) is 11.1. The minimum atomic E-state index is -1.18. The lowest BCUT2D eigenvalue weighted by Crippen LogP contribution is -2.41. The van der Waals surface area contributed by atoms with Crippen LogP contribution in [-0.2, 0) is 14.3 Å². The maximum Gasteiger partial charge on any atom is 0.182 e. The zero-order valence-electron chi connectivity index (χ0n) is 10.4. The Labute approximate surface area is 92.2 Å². The van der Waals surface area contributed by atoms with Crippen LogP contribution in [0.15, 0.2) is 0 Å². The van der Waals surface area contributed by atoms with Crippen molar-refractivity contribution >= 4 is 5.97 Å². The highest BCUT2D eigenvalue weighted by molar-refractivity contribution is 5.65. The number of carboxylic acid groups (broad SMARTS) is 1. The Morgan fingerprint density at radius 2 is 1.80 bits per heavy atom. The van der Waals surface area contributed by atoms with Gasteiger partial charge in [-0.3, -0.25) is 0 Å². The van der Waals surface area contributed by atoms with E-state index in [1.807, 2.05) is 0 Å². The average Bonchev–Trinajstić information content (AvgIpc) is 2.03. The third kappa shape index (κ3) is 16.1. The van der Waals surface area contributed by atoms with E-state index in [0.717, 1.165) is 11.2 Å². The normalized spacial score (nSPS) is 10.5. The molecule has 5 nitrogen and oxygen atoms in total. The molecule has 0 N–H and O–H groups in total. The topological polar surface area (TPSA) is 58.6 Å². The molecule has 0 saturated heterocycles. The Morgan fingerprint density at radius 3 is 2.00 bits per heavy atom. The highest BCUT2D eigenvalue weighted by Gasteiger charge is 2.10. The van der Waals surface area contributed by atoms with Crippen molar-refractivity contribution in [3.8, 4) is 0 Å². The van der Waals surface area contributed by atoms with E-state index in [0.29, 0.717) is 0 Å². The van der Waals surface area contributed by atoms with Crippen molar-refractivity contribution < 1.29 is 23.9 Å². The fourth-order valence-corrected chi connectivity index (χ4v) is 1.14. The van der Waals surface area contributed by atoms with Crippen molar-refractivity contribution in [1.29, 1.82) is 0 Å². The van der Waals surface area contributed by atoms with E-state index in [4.69, 9.17) is 4.74 Å². The van der Waals surface area contributed by atoms with E-state index >= 15 is 0 Å². The minimum absolute atomic E-state index is 0.319. The summed E-state index contributed by atoms with van der Waals surface area (Å²) < 4.78 is 10.1.